The Kier molecular flexibility index (Phi) is 3.18. The molecule has 1 heterocycles. The molecule has 5 saturated carbocycles. The Morgan fingerprint density at radius 3 is 2.71 bits per heavy atom. The minimum atomic E-state index is -0.643. The first-order valence-corrected chi connectivity index (χ1v) is 11.3. The molecule has 6 aliphatic rings. The van der Waals surface area contributed by atoms with Crippen molar-refractivity contribution in [1.82, 2.24) is 0 Å². The fraction of sp³-hybridized carbons (Fsp3) is 0.870. The van der Waals surface area contributed by atoms with Crippen molar-refractivity contribution < 1.29 is 24.9 Å². The van der Waals surface area contributed by atoms with E-state index in [1.54, 1.807) is 0 Å². The zero-order valence-electron chi connectivity index (χ0n) is 17.1. The zero-order valence-corrected chi connectivity index (χ0v) is 17.1. The first-order chi connectivity index (χ1) is 13.1. The summed E-state index contributed by atoms with van der Waals surface area (Å²) in [6.07, 6.45) is 3.59. The van der Waals surface area contributed by atoms with Crippen molar-refractivity contribution in [3.63, 3.8) is 0 Å². The normalized spacial score (nSPS) is 64.1. The van der Waals surface area contributed by atoms with Gasteiger partial charge >= 0.3 is 0 Å². The summed E-state index contributed by atoms with van der Waals surface area (Å²) in [7, 11) is 0. The van der Waals surface area contributed by atoms with Crippen molar-refractivity contribution in [2.45, 2.75) is 70.6 Å². The molecule has 1 aliphatic heterocycles. The summed E-state index contributed by atoms with van der Waals surface area (Å²) >= 11 is 0. The average molecular weight is 389 g/mol. The topological polar surface area (TPSA) is 77.8 Å². The van der Waals surface area contributed by atoms with Crippen LogP contribution in [-0.4, -0.2) is 57.2 Å². The Bertz CT molecular complexity index is 797. The van der Waals surface area contributed by atoms with E-state index in [0.717, 1.165) is 32.2 Å². The highest BCUT2D eigenvalue weighted by Gasteiger charge is 2.84. The van der Waals surface area contributed by atoms with Crippen LogP contribution >= 0.6 is 0 Å². The van der Waals surface area contributed by atoms with Gasteiger partial charge in [0.2, 0.25) is 0 Å². The first kappa shape index (κ1) is 18.1. The molecule has 0 radical (unpaired) electrons. The van der Waals surface area contributed by atoms with Crippen molar-refractivity contribution >= 4 is 5.78 Å². The van der Waals surface area contributed by atoms with Crippen molar-refractivity contribution in [2.75, 3.05) is 13.1 Å². The van der Waals surface area contributed by atoms with Crippen LogP contribution in [0.25, 0.3) is 0 Å². The highest BCUT2D eigenvalue weighted by Crippen LogP contribution is 2.79. The predicted octanol–water partition coefficient (Wildman–Crippen LogP) is 2.29. The van der Waals surface area contributed by atoms with Crippen LogP contribution in [0.15, 0.2) is 12.2 Å². The van der Waals surface area contributed by atoms with Crippen LogP contribution in [0, 0.1) is 39.9 Å². The maximum Gasteiger partial charge on any atom is 0.140 e. The van der Waals surface area contributed by atoms with Crippen LogP contribution in [-0.2, 0) is 4.79 Å². The van der Waals surface area contributed by atoms with Gasteiger partial charge in [-0.3, -0.25) is 4.79 Å². The Morgan fingerprint density at radius 1 is 1.25 bits per heavy atom. The summed E-state index contributed by atoms with van der Waals surface area (Å²) in [5.41, 5.74) is -0.0868. The summed E-state index contributed by atoms with van der Waals surface area (Å²) < 4.78 is 0.0377. The lowest BCUT2D eigenvalue weighted by molar-refractivity contribution is -1.13. The fourth-order valence-electron chi connectivity index (χ4n) is 10.2. The maximum absolute atomic E-state index is 13.1. The van der Waals surface area contributed by atoms with Crippen LogP contribution in [0.3, 0.4) is 0 Å². The first-order valence-electron chi connectivity index (χ1n) is 11.3. The number of rotatable bonds is 1. The summed E-state index contributed by atoms with van der Waals surface area (Å²) in [6.45, 7) is 9.89. The number of piperidine rings is 1. The van der Waals surface area contributed by atoms with Gasteiger partial charge in [0.25, 0.3) is 0 Å². The van der Waals surface area contributed by atoms with E-state index in [2.05, 4.69) is 20.4 Å². The Morgan fingerprint density at radius 2 is 2.00 bits per heavy atom. The van der Waals surface area contributed by atoms with E-state index in [1.807, 2.05) is 0 Å². The van der Waals surface area contributed by atoms with Crippen molar-refractivity contribution in [3.05, 3.63) is 12.2 Å². The summed E-state index contributed by atoms with van der Waals surface area (Å²) in [5, 5.41) is 34.8. The van der Waals surface area contributed by atoms with Crippen molar-refractivity contribution in [3.8, 4) is 0 Å². The molecule has 11 unspecified atom stereocenters. The molecule has 2 spiro atoms. The number of carbonyl (C=O) groups excluding carboxylic acids is 1. The van der Waals surface area contributed by atoms with Gasteiger partial charge in [0.05, 0.1) is 17.6 Å². The van der Waals surface area contributed by atoms with Crippen LogP contribution < -0.4 is 0 Å². The van der Waals surface area contributed by atoms with Crippen LogP contribution in [0.4, 0.5) is 0 Å². The number of aliphatic hydroxyl groups excluding tert-OH is 2. The molecule has 154 valence electrons. The second-order valence-electron chi connectivity index (χ2n) is 11.6. The molecule has 6 rings (SSSR count). The van der Waals surface area contributed by atoms with Gasteiger partial charge in [-0.25, -0.2) is 5.21 Å². The van der Waals surface area contributed by atoms with E-state index in [-0.39, 0.29) is 39.1 Å². The van der Waals surface area contributed by atoms with Gasteiger partial charge < -0.3 is 10.2 Å². The third kappa shape index (κ3) is 1.60. The third-order valence-electron chi connectivity index (χ3n) is 10.9. The number of fused-ring (bicyclic) bond motifs is 1. The molecular weight excluding hydrogens is 354 g/mol. The van der Waals surface area contributed by atoms with Gasteiger partial charge in [-0.15, -0.1) is 0 Å². The summed E-state index contributed by atoms with van der Waals surface area (Å²) in [6, 6.07) is -0.00749. The Hall–Kier alpha value is -0.750. The molecule has 28 heavy (non-hydrogen) atoms. The summed E-state index contributed by atoms with van der Waals surface area (Å²) in [5.74, 6) is 0.588. The quantitative estimate of drug-likeness (QED) is 0.476. The molecule has 0 amide bonds. The molecule has 11 atom stereocenters. The minimum Gasteiger partial charge on any atom is -0.392 e. The van der Waals surface area contributed by atoms with Gasteiger partial charge in [-0.05, 0) is 56.4 Å². The van der Waals surface area contributed by atoms with Crippen molar-refractivity contribution in [2.24, 2.45) is 39.9 Å². The molecule has 1 saturated heterocycles. The molecule has 0 aromatic heterocycles. The number of carbonyl (C=O) groups is 1. The average Bonchev–Trinajstić information content (AvgIpc) is 3.01. The SMILES string of the molecule is C=C1C2CC3(CC4CC5C6(C)CCC(O)C5(C3CC2=O)C4[N+](O)(CC)C6)C1O. The highest BCUT2D eigenvalue weighted by molar-refractivity contribution is 5.87. The lowest BCUT2D eigenvalue weighted by Gasteiger charge is -2.69. The monoisotopic (exact) mass is 388 g/mol. The third-order valence-corrected chi connectivity index (χ3v) is 10.9. The number of hydrogen-bond donors (Lipinski definition) is 3. The Labute approximate surface area is 167 Å². The smallest absolute Gasteiger partial charge is 0.140 e. The number of likely N-dealkylation sites (tertiary alicyclic amines) is 1. The highest BCUT2D eigenvalue weighted by atomic mass is 16.5. The van der Waals surface area contributed by atoms with E-state index < -0.39 is 17.6 Å². The number of aliphatic hydroxyl groups is 2. The van der Waals surface area contributed by atoms with E-state index >= 15 is 0 Å². The lowest BCUT2D eigenvalue weighted by Crippen LogP contribution is -2.78. The van der Waals surface area contributed by atoms with Crippen LogP contribution in [0.2, 0.25) is 0 Å². The molecule has 5 aliphatic carbocycles. The molecule has 6 fully saturated rings. The number of Topliss-reactive ketones (excluding diaryl/α,β-unsaturated/α-hetero) is 1. The van der Waals surface area contributed by atoms with E-state index in [9.17, 15) is 20.2 Å². The van der Waals surface area contributed by atoms with Crippen molar-refractivity contribution in [1.29, 1.82) is 0 Å². The van der Waals surface area contributed by atoms with E-state index in [1.165, 1.54) is 0 Å². The fourth-order valence-corrected chi connectivity index (χ4v) is 10.2. The maximum atomic E-state index is 13.1. The Balaban J connectivity index is 1.62. The molecule has 0 aromatic rings. The van der Waals surface area contributed by atoms with Crippen LogP contribution in [0.1, 0.15) is 52.4 Å². The molecular formula is C23H34NO4+. The predicted molar refractivity (Wildman–Crippen MR) is 102 cm³/mol. The number of hydroxylamine groups is 3. The number of ketones is 1. The van der Waals surface area contributed by atoms with Gasteiger partial charge in [-0.1, -0.05) is 13.5 Å². The largest absolute Gasteiger partial charge is 0.392 e. The minimum absolute atomic E-state index is 0.00749. The molecule has 5 nitrogen and oxygen atoms in total. The molecule has 5 heteroatoms. The number of hydrogen-bond acceptors (Lipinski definition) is 4. The van der Waals surface area contributed by atoms with Crippen LogP contribution in [0.5, 0.6) is 0 Å². The second kappa shape index (κ2) is 4.93. The van der Waals surface area contributed by atoms with Gasteiger partial charge in [0.15, 0.2) is 0 Å². The molecule has 0 aromatic carbocycles. The zero-order chi connectivity index (χ0) is 19.9. The standard InChI is InChI=1S/C23H34NO4/c1-4-24(28)11-21(3)6-5-18(26)23-16(21)7-13(19(23)24)9-22-10-14(12(2)20(22)27)15(25)8-17(22)23/h13-14,16-20,26-28H,2,4-11H2,1,3H3/q+1. The molecule has 3 N–H and O–H groups in total. The number of nitrogens with zero attached hydrogens (tertiary/aromatic N) is 1. The molecule has 7 bridgehead atoms. The van der Waals surface area contributed by atoms with E-state index in [0.29, 0.717) is 36.8 Å². The number of quaternary nitrogens is 1. The lowest BCUT2D eigenvalue weighted by atomic mass is 9.40. The van der Waals surface area contributed by atoms with Gasteiger partial charge in [0.1, 0.15) is 24.9 Å². The second-order valence-corrected chi connectivity index (χ2v) is 11.6. The van der Waals surface area contributed by atoms with E-state index in [4.69, 9.17) is 0 Å². The van der Waals surface area contributed by atoms with Gasteiger partial charge in [-0.2, -0.15) is 4.65 Å². The van der Waals surface area contributed by atoms with Gasteiger partial charge in [0, 0.05) is 29.1 Å². The summed E-state index contributed by atoms with van der Waals surface area (Å²) in [4.78, 5) is 13.1.